The quantitative estimate of drug-likeness (QED) is 0.472. The molecular weight excluding hydrogens is 424 g/mol. The summed E-state index contributed by atoms with van der Waals surface area (Å²) in [7, 11) is 0. The maximum atomic E-state index is 13.2. The van der Waals surface area contributed by atoms with Gasteiger partial charge in [0.25, 0.3) is 5.56 Å². The first-order chi connectivity index (χ1) is 16.2. The van der Waals surface area contributed by atoms with Crippen molar-refractivity contribution in [1.29, 1.82) is 0 Å². The van der Waals surface area contributed by atoms with Crippen molar-refractivity contribution in [2.24, 2.45) is 0 Å². The van der Waals surface area contributed by atoms with Crippen LogP contribution >= 0.6 is 0 Å². The fourth-order valence-corrected chi connectivity index (χ4v) is 5.29. The third-order valence-corrected chi connectivity index (χ3v) is 7.95. The SMILES string of the molecule is CC[C@H](c1nnnn1C(C)(C)CC)N(Cc1cc2cc(C)c(C)cc2[nH]c1=O)C1CCCCC1. The molecule has 2 aromatic heterocycles. The van der Waals surface area contributed by atoms with E-state index in [0.29, 0.717) is 12.6 Å². The highest BCUT2D eigenvalue weighted by Gasteiger charge is 2.34. The Labute approximate surface area is 202 Å². The van der Waals surface area contributed by atoms with Gasteiger partial charge in [-0.15, -0.1) is 5.10 Å². The van der Waals surface area contributed by atoms with Gasteiger partial charge in [0, 0.05) is 23.7 Å². The number of H-pyrrole nitrogens is 1. The lowest BCUT2D eigenvalue weighted by atomic mass is 9.91. The van der Waals surface area contributed by atoms with Gasteiger partial charge in [0.15, 0.2) is 5.82 Å². The van der Waals surface area contributed by atoms with Gasteiger partial charge in [0.2, 0.25) is 0 Å². The van der Waals surface area contributed by atoms with Crippen molar-refractivity contribution in [2.45, 2.75) is 111 Å². The van der Waals surface area contributed by atoms with Crippen LogP contribution in [0, 0.1) is 13.8 Å². The zero-order valence-corrected chi connectivity index (χ0v) is 21.7. The molecule has 7 nitrogen and oxygen atoms in total. The van der Waals surface area contributed by atoms with E-state index in [0.717, 1.165) is 48.0 Å². The van der Waals surface area contributed by atoms with Gasteiger partial charge >= 0.3 is 0 Å². The number of rotatable bonds is 8. The molecule has 1 fully saturated rings. The Hall–Kier alpha value is -2.54. The Morgan fingerprint density at radius 1 is 1.12 bits per heavy atom. The molecule has 0 bridgehead atoms. The molecule has 0 aliphatic heterocycles. The molecule has 1 aliphatic rings. The number of pyridine rings is 1. The van der Waals surface area contributed by atoms with E-state index in [1.54, 1.807) is 0 Å². The van der Waals surface area contributed by atoms with Crippen LogP contribution in [0.3, 0.4) is 0 Å². The van der Waals surface area contributed by atoms with Crippen LogP contribution in [0.15, 0.2) is 23.0 Å². The Kier molecular flexibility index (Phi) is 7.22. The molecule has 0 amide bonds. The molecule has 3 aromatic rings. The molecule has 7 heteroatoms. The first-order valence-corrected chi connectivity index (χ1v) is 12.9. The van der Waals surface area contributed by atoms with Gasteiger partial charge < -0.3 is 4.98 Å². The molecule has 1 N–H and O–H groups in total. The Balaban J connectivity index is 1.77. The van der Waals surface area contributed by atoms with E-state index in [4.69, 9.17) is 0 Å². The van der Waals surface area contributed by atoms with Crippen molar-refractivity contribution in [3.8, 4) is 0 Å². The van der Waals surface area contributed by atoms with Crippen LogP contribution in [0.4, 0.5) is 0 Å². The van der Waals surface area contributed by atoms with Gasteiger partial charge in [-0.3, -0.25) is 9.69 Å². The van der Waals surface area contributed by atoms with Crippen LogP contribution < -0.4 is 5.56 Å². The zero-order valence-electron chi connectivity index (χ0n) is 21.7. The fraction of sp³-hybridized carbons (Fsp3) is 0.630. The summed E-state index contributed by atoms with van der Waals surface area (Å²) < 4.78 is 2.01. The third-order valence-electron chi connectivity index (χ3n) is 7.95. The molecule has 0 unspecified atom stereocenters. The van der Waals surface area contributed by atoms with Crippen LogP contribution in [-0.2, 0) is 12.1 Å². The number of aromatic amines is 1. The molecule has 34 heavy (non-hydrogen) atoms. The molecular formula is C27H40N6O. The van der Waals surface area contributed by atoms with E-state index in [1.165, 1.54) is 30.4 Å². The second-order valence-corrected chi connectivity index (χ2v) is 10.7. The lowest BCUT2D eigenvalue weighted by Gasteiger charge is -2.40. The number of tetrazole rings is 1. The normalized spacial score (nSPS) is 16.4. The summed E-state index contributed by atoms with van der Waals surface area (Å²) in [6, 6.07) is 6.81. The van der Waals surface area contributed by atoms with E-state index in [2.05, 4.69) is 85.2 Å². The highest BCUT2D eigenvalue weighted by atomic mass is 16.1. The number of fused-ring (bicyclic) bond motifs is 1. The molecule has 1 atom stereocenters. The molecule has 0 radical (unpaired) electrons. The molecule has 2 heterocycles. The van der Waals surface area contributed by atoms with Crippen LogP contribution in [0.25, 0.3) is 10.9 Å². The zero-order chi connectivity index (χ0) is 24.5. The smallest absolute Gasteiger partial charge is 0.252 e. The minimum absolute atomic E-state index is 0.0000968. The maximum absolute atomic E-state index is 13.2. The fourth-order valence-electron chi connectivity index (χ4n) is 5.29. The monoisotopic (exact) mass is 464 g/mol. The number of aromatic nitrogens is 5. The maximum Gasteiger partial charge on any atom is 0.252 e. The van der Waals surface area contributed by atoms with E-state index < -0.39 is 0 Å². The van der Waals surface area contributed by atoms with E-state index >= 15 is 0 Å². The molecule has 184 valence electrons. The van der Waals surface area contributed by atoms with Crippen LogP contribution in [0.1, 0.15) is 101 Å². The summed E-state index contributed by atoms with van der Waals surface area (Å²) in [5.74, 6) is 0.906. The Morgan fingerprint density at radius 2 is 1.82 bits per heavy atom. The summed E-state index contributed by atoms with van der Waals surface area (Å²) in [6.07, 6.45) is 7.88. The first-order valence-electron chi connectivity index (χ1n) is 12.9. The van der Waals surface area contributed by atoms with E-state index in [9.17, 15) is 4.79 Å². The third kappa shape index (κ3) is 4.81. The molecule has 0 saturated heterocycles. The molecule has 0 spiro atoms. The number of benzene rings is 1. The highest BCUT2D eigenvalue weighted by molar-refractivity contribution is 5.80. The summed E-state index contributed by atoms with van der Waals surface area (Å²) in [5, 5.41) is 14.1. The summed E-state index contributed by atoms with van der Waals surface area (Å²) in [6.45, 7) is 13.5. The van der Waals surface area contributed by atoms with Gasteiger partial charge in [0.05, 0.1) is 11.6 Å². The molecule has 1 aliphatic carbocycles. The highest BCUT2D eigenvalue weighted by Crippen LogP contribution is 2.34. The average molecular weight is 465 g/mol. The van der Waals surface area contributed by atoms with Crippen LogP contribution in [0.5, 0.6) is 0 Å². The second-order valence-electron chi connectivity index (χ2n) is 10.7. The number of hydrogen-bond donors (Lipinski definition) is 1. The molecule has 1 saturated carbocycles. The minimum atomic E-state index is -0.166. The summed E-state index contributed by atoms with van der Waals surface area (Å²) in [5.41, 5.74) is 3.98. The largest absolute Gasteiger partial charge is 0.322 e. The van der Waals surface area contributed by atoms with Gasteiger partial charge in [-0.25, -0.2) is 4.68 Å². The van der Waals surface area contributed by atoms with Crippen molar-refractivity contribution in [1.82, 2.24) is 30.1 Å². The van der Waals surface area contributed by atoms with Crippen LogP contribution in [0.2, 0.25) is 0 Å². The van der Waals surface area contributed by atoms with Crippen LogP contribution in [-0.4, -0.2) is 36.1 Å². The van der Waals surface area contributed by atoms with E-state index in [-0.39, 0.29) is 17.1 Å². The molecule has 4 rings (SSSR count). The minimum Gasteiger partial charge on any atom is -0.322 e. The van der Waals surface area contributed by atoms with Crippen molar-refractivity contribution in [2.75, 3.05) is 0 Å². The number of hydrogen-bond acceptors (Lipinski definition) is 5. The number of aryl methyl sites for hydroxylation is 2. The number of nitrogens with one attached hydrogen (secondary N) is 1. The van der Waals surface area contributed by atoms with Crippen molar-refractivity contribution >= 4 is 10.9 Å². The molecule has 1 aromatic carbocycles. The Bertz CT molecular complexity index is 1190. The van der Waals surface area contributed by atoms with Crippen molar-refractivity contribution in [3.05, 3.63) is 51.1 Å². The predicted octanol–water partition coefficient (Wildman–Crippen LogP) is 5.56. The predicted molar refractivity (Wildman–Crippen MR) is 137 cm³/mol. The first kappa shape index (κ1) is 24.6. The lowest BCUT2D eigenvalue weighted by Crippen LogP contribution is -2.42. The number of nitrogens with zero attached hydrogens (tertiary/aromatic N) is 5. The Morgan fingerprint density at radius 3 is 2.50 bits per heavy atom. The standard InChI is InChI=1S/C27H40N6O/c1-7-24(25-29-30-31-33(25)27(5,6)8-2)32(22-12-10-9-11-13-22)17-21-16-20-14-18(3)19(4)15-23(20)28-26(21)34/h14-16,22,24H,7-13,17H2,1-6H3,(H,28,34)/t24-/m1/s1. The summed E-state index contributed by atoms with van der Waals surface area (Å²) >= 11 is 0. The topological polar surface area (TPSA) is 79.7 Å². The second kappa shape index (κ2) is 9.98. The van der Waals surface area contributed by atoms with Crippen molar-refractivity contribution < 1.29 is 0 Å². The van der Waals surface area contributed by atoms with E-state index in [1.807, 2.05) is 4.68 Å². The van der Waals surface area contributed by atoms with Gasteiger partial charge in [-0.2, -0.15) is 0 Å². The lowest BCUT2D eigenvalue weighted by molar-refractivity contribution is 0.0801. The van der Waals surface area contributed by atoms with Gasteiger partial charge in [-0.1, -0.05) is 33.1 Å². The summed E-state index contributed by atoms with van der Waals surface area (Å²) in [4.78, 5) is 18.9. The van der Waals surface area contributed by atoms with Gasteiger partial charge in [0.1, 0.15) is 0 Å². The van der Waals surface area contributed by atoms with Gasteiger partial charge in [-0.05, 0) is 98.5 Å². The van der Waals surface area contributed by atoms with Crippen molar-refractivity contribution in [3.63, 3.8) is 0 Å². The average Bonchev–Trinajstić information content (AvgIpc) is 3.32.